The Morgan fingerprint density at radius 3 is 2.44 bits per heavy atom. The molecule has 2 heterocycles. The van der Waals surface area contributed by atoms with E-state index in [9.17, 15) is 22.8 Å². The summed E-state index contributed by atoms with van der Waals surface area (Å²) in [6.45, 7) is 3.14. The first kappa shape index (κ1) is 21.7. The van der Waals surface area contributed by atoms with Crippen molar-refractivity contribution in [2.45, 2.75) is 25.9 Å². The van der Waals surface area contributed by atoms with E-state index >= 15 is 0 Å². The highest BCUT2D eigenvalue weighted by Gasteiger charge is 2.31. The summed E-state index contributed by atoms with van der Waals surface area (Å²) < 4.78 is 44.5. The lowest BCUT2D eigenvalue weighted by molar-refractivity contribution is -0.137. The SMILES string of the molecule is Cc1cccc(C(=O)N2CCCC2)c1NC(=O)c1ccc(-c2cccc(C(F)(F)F)c2)o1. The molecule has 4 rings (SSSR count). The number of aryl methyl sites for hydroxylation is 1. The average Bonchev–Trinajstić information content (AvgIpc) is 3.47. The van der Waals surface area contributed by atoms with Gasteiger partial charge in [0.2, 0.25) is 0 Å². The van der Waals surface area contributed by atoms with Gasteiger partial charge in [-0.15, -0.1) is 0 Å². The van der Waals surface area contributed by atoms with Crippen molar-refractivity contribution in [1.29, 1.82) is 0 Å². The molecule has 0 saturated carbocycles. The normalized spacial score (nSPS) is 13.9. The van der Waals surface area contributed by atoms with Gasteiger partial charge in [-0.3, -0.25) is 9.59 Å². The first-order chi connectivity index (χ1) is 15.2. The standard InChI is InChI=1S/C24H21F3N2O3/c1-15-6-4-9-18(23(31)29-12-2-3-13-29)21(15)28-22(30)20-11-10-19(32-20)16-7-5-8-17(14-16)24(25,26)27/h4-11,14H,2-3,12-13H2,1H3,(H,28,30). The van der Waals surface area contributed by atoms with Crippen molar-refractivity contribution >= 4 is 17.5 Å². The second-order valence-electron chi connectivity index (χ2n) is 7.69. The third kappa shape index (κ3) is 4.39. The molecule has 0 bridgehead atoms. The number of carbonyl (C=O) groups excluding carboxylic acids is 2. The quantitative estimate of drug-likeness (QED) is 0.559. The van der Waals surface area contributed by atoms with Gasteiger partial charge in [-0.25, -0.2) is 0 Å². The minimum Gasteiger partial charge on any atom is -0.451 e. The molecule has 1 aromatic heterocycles. The van der Waals surface area contributed by atoms with E-state index in [-0.39, 0.29) is 23.0 Å². The molecule has 32 heavy (non-hydrogen) atoms. The van der Waals surface area contributed by atoms with E-state index in [1.165, 1.54) is 24.3 Å². The summed E-state index contributed by atoms with van der Waals surface area (Å²) in [6, 6.07) is 12.7. The number of likely N-dealkylation sites (tertiary alicyclic amines) is 1. The topological polar surface area (TPSA) is 62.6 Å². The first-order valence-corrected chi connectivity index (χ1v) is 10.2. The number of hydrogen-bond donors (Lipinski definition) is 1. The number of benzene rings is 2. The predicted octanol–water partition coefficient (Wildman–Crippen LogP) is 5.76. The summed E-state index contributed by atoms with van der Waals surface area (Å²) in [7, 11) is 0. The highest BCUT2D eigenvalue weighted by atomic mass is 19.4. The molecule has 3 aromatic rings. The molecule has 1 aliphatic rings. The fourth-order valence-electron chi connectivity index (χ4n) is 3.74. The lowest BCUT2D eigenvalue weighted by Crippen LogP contribution is -2.29. The van der Waals surface area contributed by atoms with E-state index in [0.29, 0.717) is 29.9 Å². The molecule has 1 N–H and O–H groups in total. The van der Waals surface area contributed by atoms with E-state index in [1.807, 2.05) is 0 Å². The van der Waals surface area contributed by atoms with Gasteiger partial charge in [-0.1, -0.05) is 24.3 Å². The predicted molar refractivity (Wildman–Crippen MR) is 113 cm³/mol. The van der Waals surface area contributed by atoms with Crippen molar-refractivity contribution in [3.8, 4) is 11.3 Å². The Bertz CT molecular complexity index is 1160. The van der Waals surface area contributed by atoms with Gasteiger partial charge in [0.25, 0.3) is 11.8 Å². The Kier molecular flexibility index (Phi) is 5.78. The number of nitrogens with one attached hydrogen (secondary N) is 1. The van der Waals surface area contributed by atoms with Crippen LogP contribution in [0.4, 0.5) is 18.9 Å². The van der Waals surface area contributed by atoms with Crippen LogP contribution >= 0.6 is 0 Å². The molecule has 1 aliphatic heterocycles. The lowest BCUT2D eigenvalue weighted by Gasteiger charge is -2.19. The lowest BCUT2D eigenvalue weighted by atomic mass is 10.1. The second-order valence-corrected chi connectivity index (χ2v) is 7.69. The van der Waals surface area contributed by atoms with Gasteiger partial charge in [0, 0.05) is 18.7 Å². The molecular formula is C24H21F3N2O3. The number of anilines is 1. The van der Waals surface area contributed by atoms with E-state index in [0.717, 1.165) is 25.0 Å². The van der Waals surface area contributed by atoms with Crippen LogP contribution in [-0.4, -0.2) is 29.8 Å². The van der Waals surface area contributed by atoms with Crippen LogP contribution in [0.1, 0.15) is 44.9 Å². The third-order valence-corrected chi connectivity index (χ3v) is 5.44. The maximum Gasteiger partial charge on any atom is 0.416 e. The van der Waals surface area contributed by atoms with Crippen molar-refractivity contribution < 1.29 is 27.2 Å². The monoisotopic (exact) mass is 442 g/mol. The molecule has 8 heteroatoms. The van der Waals surface area contributed by atoms with Crippen LogP contribution in [0.15, 0.2) is 59.0 Å². The van der Waals surface area contributed by atoms with Crippen molar-refractivity contribution in [2.75, 3.05) is 18.4 Å². The molecule has 2 amide bonds. The Morgan fingerprint density at radius 1 is 1.00 bits per heavy atom. The van der Waals surface area contributed by atoms with Gasteiger partial charge in [-0.05, 0) is 55.7 Å². The average molecular weight is 442 g/mol. The molecule has 5 nitrogen and oxygen atoms in total. The second kappa shape index (κ2) is 8.53. The van der Waals surface area contributed by atoms with E-state index in [1.54, 1.807) is 30.0 Å². The minimum atomic E-state index is -4.48. The molecule has 0 radical (unpaired) electrons. The molecule has 1 fully saturated rings. The van der Waals surface area contributed by atoms with Crippen molar-refractivity contribution in [2.24, 2.45) is 0 Å². The largest absolute Gasteiger partial charge is 0.451 e. The highest BCUT2D eigenvalue weighted by Crippen LogP contribution is 2.33. The van der Waals surface area contributed by atoms with Crippen LogP contribution < -0.4 is 5.32 Å². The Morgan fingerprint density at radius 2 is 1.72 bits per heavy atom. The van der Waals surface area contributed by atoms with Crippen LogP contribution in [0.5, 0.6) is 0 Å². The maximum absolute atomic E-state index is 13.0. The number of para-hydroxylation sites is 1. The number of carbonyl (C=O) groups is 2. The molecule has 166 valence electrons. The maximum atomic E-state index is 13.0. The summed E-state index contributed by atoms with van der Waals surface area (Å²) in [4.78, 5) is 27.5. The molecule has 0 aliphatic carbocycles. The minimum absolute atomic E-state index is 0.0692. The number of furan rings is 1. The molecule has 0 unspecified atom stereocenters. The smallest absolute Gasteiger partial charge is 0.416 e. The summed E-state index contributed by atoms with van der Waals surface area (Å²) in [5.74, 6) is -0.668. The number of alkyl halides is 3. The van der Waals surface area contributed by atoms with Gasteiger partial charge in [0.15, 0.2) is 5.76 Å². The number of rotatable bonds is 4. The van der Waals surface area contributed by atoms with E-state index in [2.05, 4.69) is 5.32 Å². The van der Waals surface area contributed by atoms with Gasteiger partial charge in [-0.2, -0.15) is 13.2 Å². The Balaban J connectivity index is 1.58. The summed E-state index contributed by atoms with van der Waals surface area (Å²) in [5, 5.41) is 2.74. The van der Waals surface area contributed by atoms with Crippen molar-refractivity contribution in [1.82, 2.24) is 4.90 Å². The van der Waals surface area contributed by atoms with Crippen LogP contribution in [0.25, 0.3) is 11.3 Å². The van der Waals surface area contributed by atoms with Gasteiger partial charge < -0.3 is 14.6 Å². The summed E-state index contributed by atoms with van der Waals surface area (Å²) >= 11 is 0. The van der Waals surface area contributed by atoms with Gasteiger partial charge in [0.1, 0.15) is 5.76 Å². The van der Waals surface area contributed by atoms with Crippen molar-refractivity contribution in [3.05, 3.63) is 77.0 Å². The van der Waals surface area contributed by atoms with Crippen LogP contribution in [0, 0.1) is 6.92 Å². The molecule has 1 saturated heterocycles. The van der Waals surface area contributed by atoms with E-state index < -0.39 is 17.6 Å². The number of nitrogens with zero attached hydrogens (tertiary/aromatic N) is 1. The number of halogens is 3. The van der Waals surface area contributed by atoms with Crippen LogP contribution in [0.2, 0.25) is 0 Å². The Labute approximate surface area is 182 Å². The van der Waals surface area contributed by atoms with Gasteiger partial charge in [0.05, 0.1) is 16.8 Å². The van der Waals surface area contributed by atoms with Crippen molar-refractivity contribution in [3.63, 3.8) is 0 Å². The first-order valence-electron chi connectivity index (χ1n) is 10.2. The number of hydrogen-bond acceptors (Lipinski definition) is 3. The zero-order valence-corrected chi connectivity index (χ0v) is 17.3. The fraction of sp³-hybridized carbons (Fsp3) is 0.250. The molecule has 0 atom stereocenters. The Hall–Kier alpha value is -3.55. The van der Waals surface area contributed by atoms with Crippen LogP contribution in [-0.2, 0) is 6.18 Å². The van der Waals surface area contributed by atoms with E-state index in [4.69, 9.17) is 4.42 Å². The fourth-order valence-corrected chi connectivity index (χ4v) is 3.74. The molecule has 2 aromatic carbocycles. The zero-order valence-electron chi connectivity index (χ0n) is 17.3. The molecular weight excluding hydrogens is 421 g/mol. The summed E-state index contributed by atoms with van der Waals surface area (Å²) in [5.41, 5.74) is 0.909. The zero-order chi connectivity index (χ0) is 22.9. The number of amides is 2. The molecule has 0 spiro atoms. The van der Waals surface area contributed by atoms with Crippen LogP contribution in [0.3, 0.4) is 0 Å². The third-order valence-electron chi connectivity index (χ3n) is 5.44. The summed E-state index contributed by atoms with van der Waals surface area (Å²) in [6.07, 6.45) is -2.58. The highest BCUT2D eigenvalue weighted by molar-refractivity contribution is 6.08. The van der Waals surface area contributed by atoms with Gasteiger partial charge >= 0.3 is 6.18 Å².